The lowest BCUT2D eigenvalue weighted by Crippen LogP contribution is -2.39. The minimum Gasteiger partial charge on any atom is -0.408 e. The first kappa shape index (κ1) is 18.3. The molecule has 7 nitrogen and oxygen atoms in total. The molecular weight excluding hydrogens is 344 g/mol. The van der Waals surface area contributed by atoms with Crippen molar-refractivity contribution in [1.29, 1.82) is 0 Å². The summed E-state index contributed by atoms with van der Waals surface area (Å²) in [5.74, 6) is 0.145. The van der Waals surface area contributed by atoms with Gasteiger partial charge in [0.1, 0.15) is 0 Å². The number of oxazole rings is 1. The molecular formula is C20H28N4O3. The molecule has 1 aromatic heterocycles. The molecule has 2 saturated heterocycles. The molecule has 2 aliphatic rings. The number of piperidine rings is 1. The molecule has 2 aliphatic heterocycles. The first-order valence-corrected chi connectivity index (χ1v) is 9.82. The fourth-order valence-electron chi connectivity index (χ4n) is 4.47. The topological polar surface area (TPSA) is 79.5 Å². The molecule has 0 aliphatic carbocycles. The van der Waals surface area contributed by atoms with Gasteiger partial charge in [0.15, 0.2) is 5.58 Å². The summed E-state index contributed by atoms with van der Waals surface area (Å²) in [6.45, 7) is 1.29. The van der Waals surface area contributed by atoms with Gasteiger partial charge in [-0.15, -0.1) is 0 Å². The summed E-state index contributed by atoms with van der Waals surface area (Å²) < 4.78 is 6.93. The van der Waals surface area contributed by atoms with Gasteiger partial charge in [-0.1, -0.05) is 0 Å². The van der Waals surface area contributed by atoms with Gasteiger partial charge in [0, 0.05) is 37.3 Å². The van der Waals surface area contributed by atoms with Gasteiger partial charge in [0.2, 0.25) is 5.91 Å². The standard InChI is InChI=1S/C20H28N4O3/c1-23(2)7-8-24-17-12-16(5-6-18(17)27-20(24)26)22-19(25)11-13-9-14-3-4-15(10-13)21-14/h5-6,12-15,21H,3-4,7-11H2,1-2H3,(H,22,25). The van der Waals surface area contributed by atoms with Crippen LogP contribution in [0.1, 0.15) is 32.1 Å². The van der Waals surface area contributed by atoms with Crippen molar-refractivity contribution in [1.82, 2.24) is 14.8 Å². The lowest BCUT2D eigenvalue weighted by atomic mass is 9.89. The minimum absolute atomic E-state index is 0.0475. The van der Waals surface area contributed by atoms with Crippen molar-refractivity contribution in [2.75, 3.05) is 26.0 Å². The Labute approximate surface area is 158 Å². The van der Waals surface area contributed by atoms with Gasteiger partial charge < -0.3 is 20.0 Å². The molecule has 3 heterocycles. The van der Waals surface area contributed by atoms with Crippen molar-refractivity contribution in [2.45, 2.75) is 50.7 Å². The van der Waals surface area contributed by atoms with E-state index < -0.39 is 0 Å². The Bertz CT molecular complexity index is 873. The Morgan fingerprint density at radius 2 is 2.04 bits per heavy atom. The summed E-state index contributed by atoms with van der Waals surface area (Å²) in [5, 5.41) is 6.62. The number of amides is 1. The molecule has 146 valence electrons. The second-order valence-electron chi connectivity index (χ2n) is 8.23. The Hall–Kier alpha value is -2.12. The molecule has 2 bridgehead atoms. The normalized spacial score (nSPS) is 24.6. The van der Waals surface area contributed by atoms with E-state index in [0.717, 1.165) is 24.9 Å². The van der Waals surface area contributed by atoms with E-state index in [2.05, 4.69) is 10.6 Å². The number of hydrogen-bond donors (Lipinski definition) is 2. The highest BCUT2D eigenvalue weighted by Gasteiger charge is 2.34. The van der Waals surface area contributed by atoms with Crippen molar-refractivity contribution in [3.05, 3.63) is 28.7 Å². The van der Waals surface area contributed by atoms with Crippen LogP contribution < -0.4 is 16.4 Å². The van der Waals surface area contributed by atoms with E-state index in [1.54, 1.807) is 16.7 Å². The van der Waals surface area contributed by atoms with Crippen molar-refractivity contribution < 1.29 is 9.21 Å². The van der Waals surface area contributed by atoms with E-state index in [0.29, 0.717) is 42.2 Å². The van der Waals surface area contributed by atoms with Crippen molar-refractivity contribution in [3.8, 4) is 0 Å². The van der Waals surface area contributed by atoms with Crippen LogP contribution in [0.5, 0.6) is 0 Å². The fourth-order valence-corrected chi connectivity index (χ4v) is 4.47. The lowest BCUT2D eigenvalue weighted by molar-refractivity contribution is -0.117. The second-order valence-corrected chi connectivity index (χ2v) is 8.23. The van der Waals surface area contributed by atoms with Crippen LogP contribution in [0, 0.1) is 5.92 Å². The number of fused-ring (bicyclic) bond motifs is 3. The minimum atomic E-state index is -0.361. The molecule has 2 fully saturated rings. The molecule has 27 heavy (non-hydrogen) atoms. The average Bonchev–Trinajstić information content (AvgIpc) is 3.10. The van der Waals surface area contributed by atoms with Gasteiger partial charge in [-0.25, -0.2) is 4.79 Å². The van der Waals surface area contributed by atoms with E-state index in [-0.39, 0.29) is 11.7 Å². The van der Waals surface area contributed by atoms with Crippen LogP contribution in [0.3, 0.4) is 0 Å². The maximum Gasteiger partial charge on any atom is 0.419 e. The molecule has 7 heteroatoms. The third-order valence-corrected chi connectivity index (χ3v) is 5.77. The summed E-state index contributed by atoms with van der Waals surface area (Å²) in [4.78, 5) is 26.6. The Morgan fingerprint density at radius 1 is 1.30 bits per heavy atom. The summed E-state index contributed by atoms with van der Waals surface area (Å²) in [6, 6.07) is 6.57. The van der Waals surface area contributed by atoms with Gasteiger partial charge >= 0.3 is 5.76 Å². The number of nitrogens with zero attached hydrogens (tertiary/aromatic N) is 2. The zero-order valence-electron chi connectivity index (χ0n) is 16.0. The quantitative estimate of drug-likeness (QED) is 0.811. The number of anilines is 1. The zero-order valence-corrected chi connectivity index (χ0v) is 16.0. The van der Waals surface area contributed by atoms with Crippen molar-refractivity contribution in [3.63, 3.8) is 0 Å². The van der Waals surface area contributed by atoms with Crippen molar-refractivity contribution >= 4 is 22.7 Å². The SMILES string of the molecule is CN(C)CCn1c(=O)oc2ccc(NC(=O)CC3CC4CCC(C3)N4)cc21. The molecule has 2 N–H and O–H groups in total. The molecule has 1 aromatic carbocycles. The summed E-state index contributed by atoms with van der Waals surface area (Å²) in [5.41, 5.74) is 1.98. The summed E-state index contributed by atoms with van der Waals surface area (Å²) >= 11 is 0. The molecule has 0 saturated carbocycles. The van der Waals surface area contributed by atoms with Gasteiger partial charge in [0.05, 0.1) is 5.52 Å². The average molecular weight is 372 g/mol. The number of likely N-dealkylation sites (N-methyl/N-ethyl adjacent to an activating group) is 1. The number of benzene rings is 1. The molecule has 0 spiro atoms. The van der Waals surface area contributed by atoms with Crippen LogP contribution in [0.25, 0.3) is 11.1 Å². The predicted octanol–water partition coefficient (Wildman–Crippen LogP) is 2.02. The van der Waals surface area contributed by atoms with Crippen LogP contribution in [0.4, 0.5) is 5.69 Å². The molecule has 0 radical (unpaired) electrons. The second kappa shape index (κ2) is 7.48. The van der Waals surface area contributed by atoms with Gasteiger partial charge in [-0.05, 0) is 63.9 Å². The zero-order chi connectivity index (χ0) is 19.0. The van der Waals surface area contributed by atoms with Crippen LogP contribution >= 0.6 is 0 Å². The van der Waals surface area contributed by atoms with Gasteiger partial charge in [0.25, 0.3) is 0 Å². The van der Waals surface area contributed by atoms with Crippen LogP contribution in [-0.4, -0.2) is 48.1 Å². The largest absolute Gasteiger partial charge is 0.419 e. The molecule has 2 unspecified atom stereocenters. The van der Waals surface area contributed by atoms with E-state index in [1.807, 2.05) is 25.1 Å². The monoisotopic (exact) mass is 372 g/mol. The maximum atomic E-state index is 12.5. The fraction of sp³-hybridized carbons (Fsp3) is 0.600. The lowest BCUT2D eigenvalue weighted by Gasteiger charge is -2.28. The molecule has 2 atom stereocenters. The highest BCUT2D eigenvalue weighted by molar-refractivity contribution is 5.93. The number of hydrogen-bond acceptors (Lipinski definition) is 5. The number of nitrogens with one attached hydrogen (secondary N) is 2. The third kappa shape index (κ3) is 4.09. The van der Waals surface area contributed by atoms with Crippen molar-refractivity contribution in [2.24, 2.45) is 5.92 Å². The number of rotatable bonds is 6. The molecule has 4 rings (SSSR count). The smallest absolute Gasteiger partial charge is 0.408 e. The van der Waals surface area contributed by atoms with E-state index in [1.165, 1.54) is 12.8 Å². The predicted molar refractivity (Wildman–Crippen MR) is 105 cm³/mol. The van der Waals surface area contributed by atoms with Crippen LogP contribution in [-0.2, 0) is 11.3 Å². The van der Waals surface area contributed by atoms with E-state index in [4.69, 9.17) is 4.42 Å². The van der Waals surface area contributed by atoms with Crippen LogP contribution in [0.15, 0.2) is 27.4 Å². The van der Waals surface area contributed by atoms with Crippen LogP contribution in [0.2, 0.25) is 0 Å². The number of carbonyl (C=O) groups is 1. The molecule has 2 aromatic rings. The maximum absolute atomic E-state index is 12.5. The highest BCUT2D eigenvalue weighted by Crippen LogP contribution is 2.32. The van der Waals surface area contributed by atoms with Gasteiger partial charge in [-0.2, -0.15) is 0 Å². The highest BCUT2D eigenvalue weighted by atomic mass is 16.4. The number of carbonyl (C=O) groups excluding carboxylic acids is 1. The van der Waals surface area contributed by atoms with E-state index in [9.17, 15) is 9.59 Å². The van der Waals surface area contributed by atoms with E-state index >= 15 is 0 Å². The molecule has 1 amide bonds. The van der Waals surface area contributed by atoms with Gasteiger partial charge in [-0.3, -0.25) is 9.36 Å². The Kier molecular flexibility index (Phi) is 5.06. The Balaban J connectivity index is 1.44. The number of aromatic nitrogens is 1. The first-order chi connectivity index (χ1) is 13.0. The first-order valence-electron chi connectivity index (χ1n) is 9.82. The summed E-state index contributed by atoms with van der Waals surface area (Å²) in [6.07, 6.45) is 5.23. The Morgan fingerprint density at radius 3 is 2.74 bits per heavy atom. The third-order valence-electron chi connectivity index (χ3n) is 5.77. The summed E-state index contributed by atoms with van der Waals surface area (Å²) in [7, 11) is 3.93.